The highest BCUT2D eigenvalue weighted by Crippen LogP contribution is 2.23. The van der Waals surface area contributed by atoms with Crippen LogP contribution in [-0.2, 0) is 4.79 Å². The lowest BCUT2D eigenvalue weighted by Gasteiger charge is -2.36. The van der Waals surface area contributed by atoms with E-state index in [0.717, 1.165) is 19.0 Å². The first kappa shape index (κ1) is 17.4. The van der Waals surface area contributed by atoms with Crippen molar-refractivity contribution in [1.29, 1.82) is 0 Å². The number of likely N-dealkylation sites (tertiary alicyclic amines) is 1. The molecule has 2 N–H and O–H groups in total. The Hall–Kier alpha value is -0.610. The molecule has 1 aliphatic rings. The summed E-state index contributed by atoms with van der Waals surface area (Å²) < 4.78 is 0. The molecule has 0 spiro atoms. The largest absolute Gasteiger partial charge is 0.480 e. The molecule has 1 aliphatic heterocycles. The Morgan fingerprint density at radius 1 is 1.35 bits per heavy atom. The molecule has 1 fully saturated rings. The zero-order chi connectivity index (χ0) is 15.3. The van der Waals surface area contributed by atoms with Crippen LogP contribution in [0.4, 0.5) is 0 Å². The van der Waals surface area contributed by atoms with Gasteiger partial charge in [-0.2, -0.15) is 0 Å². The molecule has 0 saturated carbocycles. The number of aliphatic carboxylic acids is 1. The summed E-state index contributed by atoms with van der Waals surface area (Å²) in [7, 11) is 0. The number of carbonyl (C=O) groups is 1. The van der Waals surface area contributed by atoms with Crippen molar-refractivity contribution in [3.63, 3.8) is 0 Å². The highest BCUT2D eigenvalue weighted by molar-refractivity contribution is 5.78. The van der Waals surface area contributed by atoms with Crippen LogP contribution in [0.3, 0.4) is 0 Å². The molecule has 118 valence electrons. The molecular weight excluding hydrogens is 252 g/mol. The number of hydrogen-bond donors (Lipinski definition) is 2. The minimum atomic E-state index is -0.842. The van der Waals surface area contributed by atoms with Gasteiger partial charge in [-0.1, -0.05) is 6.92 Å². The summed E-state index contributed by atoms with van der Waals surface area (Å²) in [5.41, 5.74) is -0.842. The first-order valence-electron chi connectivity index (χ1n) is 7.99. The maximum absolute atomic E-state index is 11.6. The van der Waals surface area contributed by atoms with Gasteiger partial charge >= 0.3 is 5.97 Å². The quantitative estimate of drug-likeness (QED) is 0.787. The molecule has 0 aliphatic carbocycles. The molecule has 0 radical (unpaired) electrons. The maximum Gasteiger partial charge on any atom is 0.323 e. The third-order valence-corrected chi connectivity index (χ3v) is 4.46. The first-order chi connectivity index (χ1) is 9.24. The number of carboxylic acid groups (broad SMARTS) is 1. The second kappa shape index (κ2) is 7.41. The zero-order valence-electron chi connectivity index (χ0n) is 13.8. The second-order valence-corrected chi connectivity index (χ2v) is 7.06. The molecule has 3 unspecified atom stereocenters. The monoisotopic (exact) mass is 284 g/mol. The molecule has 20 heavy (non-hydrogen) atoms. The third-order valence-electron chi connectivity index (χ3n) is 4.46. The fourth-order valence-corrected chi connectivity index (χ4v) is 3.29. The molecule has 0 aromatic carbocycles. The van der Waals surface area contributed by atoms with Crippen molar-refractivity contribution < 1.29 is 9.90 Å². The number of hydrogen-bond acceptors (Lipinski definition) is 3. The van der Waals surface area contributed by atoms with Crippen molar-refractivity contribution in [2.75, 3.05) is 13.1 Å². The van der Waals surface area contributed by atoms with Crippen LogP contribution >= 0.6 is 0 Å². The molecule has 4 nitrogen and oxygen atoms in total. The van der Waals surface area contributed by atoms with E-state index in [1.54, 1.807) is 0 Å². The van der Waals surface area contributed by atoms with Crippen LogP contribution in [-0.4, -0.2) is 46.7 Å². The molecular formula is C16H32N2O2. The Morgan fingerprint density at radius 3 is 2.55 bits per heavy atom. The number of carboxylic acids is 1. The van der Waals surface area contributed by atoms with Crippen molar-refractivity contribution >= 4 is 5.97 Å². The molecule has 0 aromatic rings. The highest BCUT2D eigenvalue weighted by atomic mass is 16.4. The van der Waals surface area contributed by atoms with E-state index in [-0.39, 0.29) is 6.04 Å². The van der Waals surface area contributed by atoms with Crippen LogP contribution in [0.25, 0.3) is 0 Å². The Labute approximate surface area is 123 Å². The van der Waals surface area contributed by atoms with Crippen molar-refractivity contribution in [1.82, 2.24) is 10.2 Å². The lowest BCUT2D eigenvalue weighted by molar-refractivity contribution is -0.145. The second-order valence-electron chi connectivity index (χ2n) is 7.06. The molecule has 0 aromatic heterocycles. The Bertz CT molecular complexity index is 320. The Kier molecular flexibility index (Phi) is 6.46. The van der Waals surface area contributed by atoms with Gasteiger partial charge in [-0.25, -0.2) is 0 Å². The SMILES string of the molecule is CC1CCCN(C(C)CC(C)(NC(C)C)C(=O)O)CC1. The van der Waals surface area contributed by atoms with Gasteiger partial charge in [0.25, 0.3) is 0 Å². The summed E-state index contributed by atoms with van der Waals surface area (Å²) in [5, 5.41) is 12.8. The van der Waals surface area contributed by atoms with Crippen molar-refractivity contribution in [3.8, 4) is 0 Å². The zero-order valence-corrected chi connectivity index (χ0v) is 13.8. The predicted molar refractivity (Wildman–Crippen MR) is 83.0 cm³/mol. The van der Waals surface area contributed by atoms with E-state index in [1.165, 1.54) is 19.3 Å². The molecule has 0 bridgehead atoms. The predicted octanol–water partition coefficient (Wildman–Crippen LogP) is 2.73. The van der Waals surface area contributed by atoms with Crippen molar-refractivity contribution in [2.45, 2.75) is 77.9 Å². The van der Waals surface area contributed by atoms with Gasteiger partial charge in [0.1, 0.15) is 5.54 Å². The van der Waals surface area contributed by atoms with Gasteiger partial charge in [0.15, 0.2) is 0 Å². The number of nitrogens with one attached hydrogen (secondary N) is 1. The molecule has 1 rings (SSSR count). The van der Waals surface area contributed by atoms with Crippen molar-refractivity contribution in [2.24, 2.45) is 5.92 Å². The summed E-state index contributed by atoms with van der Waals surface area (Å²) >= 11 is 0. The molecule has 1 heterocycles. The standard InChI is InChI=1S/C16H32N2O2/c1-12(2)17-16(5,15(19)20)11-14(4)18-9-6-7-13(3)8-10-18/h12-14,17H,6-11H2,1-5H3,(H,19,20). The van der Waals surface area contributed by atoms with Gasteiger partial charge in [0.05, 0.1) is 0 Å². The van der Waals surface area contributed by atoms with Gasteiger partial charge in [0.2, 0.25) is 0 Å². The van der Waals surface area contributed by atoms with Gasteiger partial charge < -0.3 is 10.0 Å². The van der Waals surface area contributed by atoms with Crippen LogP contribution in [0.2, 0.25) is 0 Å². The fraction of sp³-hybridized carbons (Fsp3) is 0.938. The highest BCUT2D eigenvalue weighted by Gasteiger charge is 2.36. The van der Waals surface area contributed by atoms with Crippen LogP contribution < -0.4 is 5.32 Å². The van der Waals surface area contributed by atoms with Crippen LogP contribution in [0.15, 0.2) is 0 Å². The average molecular weight is 284 g/mol. The van der Waals surface area contributed by atoms with E-state index >= 15 is 0 Å². The van der Waals surface area contributed by atoms with Gasteiger partial charge in [0, 0.05) is 12.1 Å². The number of nitrogens with zero attached hydrogens (tertiary/aromatic N) is 1. The molecule has 1 saturated heterocycles. The number of rotatable bonds is 6. The van der Waals surface area contributed by atoms with E-state index in [1.807, 2.05) is 20.8 Å². The summed E-state index contributed by atoms with van der Waals surface area (Å²) in [6, 6.07) is 0.472. The molecule has 0 amide bonds. The maximum atomic E-state index is 11.6. The van der Waals surface area contributed by atoms with Crippen molar-refractivity contribution in [3.05, 3.63) is 0 Å². The van der Waals surface area contributed by atoms with E-state index in [2.05, 4.69) is 24.1 Å². The van der Waals surface area contributed by atoms with Gasteiger partial charge in [-0.05, 0) is 72.4 Å². The fourth-order valence-electron chi connectivity index (χ4n) is 3.29. The van der Waals surface area contributed by atoms with Crippen LogP contribution in [0, 0.1) is 5.92 Å². The van der Waals surface area contributed by atoms with E-state index < -0.39 is 11.5 Å². The first-order valence-corrected chi connectivity index (χ1v) is 7.99. The minimum absolute atomic E-state index is 0.174. The third kappa shape index (κ3) is 5.06. The van der Waals surface area contributed by atoms with E-state index in [4.69, 9.17) is 0 Å². The molecule has 3 atom stereocenters. The van der Waals surface area contributed by atoms with Gasteiger partial charge in [-0.3, -0.25) is 10.1 Å². The minimum Gasteiger partial charge on any atom is -0.480 e. The summed E-state index contributed by atoms with van der Waals surface area (Å²) in [5.74, 6) is 0.0492. The van der Waals surface area contributed by atoms with Gasteiger partial charge in [-0.15, -0.1) is 0 Å². The average Bonchev–Trinajstić information content (AvgIpc) is 2.52. The molecule has 4 heteroatoms. The Balaban J connectivity index is 2.65. The summed E-state index contributed by atoms with van der Waals surface area (Å²) in [4.78, 5) is 14.1. The van der Waals surface area contributed by atoms with E-state index in [0.29, 0.717) is 12.5 Å². The lowest BCUT2D eigenvalue weighted by atomic mass is 9.92. The summed E-state index contributed by atoms with van der Waals surface area (Å²) in [6.45, 7) is 12.5. The van der Waals surface area contributed by atoms with Crippen LogP contribution in [0.5, 0.6) is 0 Å². The van der Waals surface area contributed by atoms with Crippen LogP contribution in [0.1, 0.15) is 60.3 Å². The normalized spacial score (nSPS) is 26.0. The van der Waals surface area contributed by atoms with E-state index in [9.17, 15) is 9.90 Å². The Morgan fingerprint density at radius 2 is 2.00 bits per heavy atom. The lowest BCUT2D eigenvalue weighted by Crippen LogP contribution is -2.55. The summed E-state index contributed by atoms with van der Waals surface area (Å²) in [6.07, 6.45) is 4.40. The smallest absolute Gasteiger partial charge is 0.323 e. The topological polar surface area (TPSA) is 52.6 Å².